The fourth-order valence-corrected chi connectivity index (χ4v) is 1.20. The Kier molecular flexibility index (Phi) is 4.42. The molecule has 0 saturated heterocycles. The zero-order chi connectivity index (χ0) is 15.6. The molecule has 1 rings (SSSR count). The summed E-state index contributed by atoms with van der Waals surface area (Å²) in [4.78, 5) is 17.8. The van der Waals surface area contributed by atoms with E-state index in [-0.39, 0.29) is 5.13 Å². The second-order valence-corrected chi connectivity index (χ2v) is 3.96. The van der Waals surface area contributed by atoms with Crippen LogP contribution in [0.1, 0.15) is 5.82 Å². The SMILES string of the molecule is Nc1nc(/C(=N/OCC(F)(F)C(F)(F)F)C(=O)O)ns1. The topological polar surface area (TPSA) is 111 Å². The first-order chi connectivity index (χ1) is 9.04. The number of nitrogens with zero attached hydrogens (tertiary/aromatic N) is 3. The van der Waals surface area contributed by atoms with Gasteiger partial charge in [-0.2, -0.15) is 31.3 Å². The monoisotopic (exact) mass is 320 g/mol. The Balaban J connectivity index is 2.83. The molecule has 112 valence electrons. The Morgan fingerprint density at radius 3 is 2.40 bits per heavy atom. The number of carboxylic acid groups (broad SMARTS) is 1. The van der Waals surface area contributed by atoms with Crippen molar-refractivity contribution in [3.8, 4) is 0 Å². The van der Waals surface area contributed by atoms with E-state index in [0.29, 0.717) is 11.5 Å². The summed E-state index contributed by atoms with van der Waals surface area (Å²) < 4.78 is 63.8. The summed E-state index contributed by atoms with van der Waals surface area (Å²) in [5, 5.41) is 11.2. The standard InChI is InChI=1S/C7H5F5N4O3S/c8-6(9,7(10,11)12)1-19-15-2(4(17)18)3-14-5(13)20-16-3/h1H2,(H,17,18)(H2,13,14,16)/b15-2-. The van der Waals surface area contributed by atoms with Gasteiger partial charge >= 0.3 is 18.1 Å². The summed E-state index contributed by atoms with van der Waals surface area (Å²) in [6, 6.07) is 0. The van der Waals surface area contributed by atoms with Crippen molar-refractivity contribution in [1.29, 1.82) is 0 Å². The predicted molar refractivity (Wildman–Crippen MR) is 55.4 cm³/mol. The van der Waals surface area contributed by atoms with Crippen LogP contribution in [0.4, 0.5) is 27.1 Å². The van der Waals surface area contributed by atoms with E-state index in [1.807, 2.05) is 0 Å². The molecule has 1 heterocycles. The van der Waals surface area contributed by atoms with Crippen LogP contribution in [0.5, 0.6) is 0 Å². The van der Waals surface area contributed by atoms with Crippen LogP contribution < -0.4 is 5.73 Å². The molecular weight excluding hydrogens is 315 g/mol. The van der Waals surface area contributed by atoms with Crippen LogP contribution in [-0.2, 0) is 9.63 Å². The number of alkyl halides is 5. The zero-order valence-electron chi connectivity index (χ0n) is 9.19. The number of nitrogen functional groups attached to an aromatic ring is 1. The highest BCUT2D eigenvalue weighted by Crippen LogP contribution is 2.35. The highest BCUT2D eigenvalue weighted by molar-refractivity contribution is 7.09. The first-order valence-corrected chi connectivity index (χ1v) is 5.29. The summed E-state index contributed by atoms with van der Waals surface area (Å²) in [5.41, 5.74) is 4.11. The van der Waals surface area contributed by atoms with Crippen molar-refractivity contribution >= 4 is 28.3 Å². The molecule has 0 aromatic carbocycles. The third-order valence-corrected chi connectivity index (χ3v) is 2.22. The van der Waals surface area contributed by atoms with Gasteiger partial charge in [0.15, 0.2) is 11.7 Å². The molecule has 0 spiro atoms. The summed E-state index contributed by atoms with van der Waals surface area (Å²) in [7, 11) is 0. The number of aliphatic carboxylic acids is 1. The van der Waals surface area contributed by atoms with Crippen LogP contribution in [0, 0.1) is 0 Å². The summed E-state index contributed by atoms with van der Waals surface area (Å²) in [6.45, 7) is -2.17. The number of hydrogen-bond acceptors (Lipinski definition) is 7. The summed E-state index contributed by atoms with van der Waals surface area (Å²) >= 11 is 0.582. The molecule has 1 aromatic rings. The molecule has 13 heteroatoms. The van der Waals surface area contributed by atoms with Gasteiger partial charge in [0, 0.05) is 11.5 Å². The van der Waals surface area contributed by atoms with Crippen LogP contribution in [-0.4, -0.2) is 44.9 Å². The van der Waals surface area contributed by atoms with Crippen molar-refractivity contribution in [2.75, 3.05) is 12.3 Å². The summed E-state index contributed by atoms with van der Waals surface area (Å²) in [5.74, 6) is -7.51. The Labute approximate surface area is 111 Å². The van der Waals surface area contributed by atoms with E-state index < -0.39 is 36.2 Å². The predicted octanol–water partition coefficient (Wildman–Crippen LogP) is 1.12. The maximum Gasteiger partial charge on any atom is 0.457 e. The Bertz CT molecular complexity index is 529. The number of nitrogens with two attached hydrogens (primary N) is 1. The normalized spacial score (nSPS) is 13.3. The van der Waals surface area contributed by atoms with Crippen LogP contribution in [0.25, 0.3) is 0 Å². The maximum atomic E-state index is 12.5. The number of halogens is 5. The lowest BCUT2D eigenvalue weighted by Crippen LogP contribution is -2.40. The zero-order valence-corrected chi connectivity index (χ0v) is 10.0. The molecule has 20 heavy (non-hydrogen) atoms. The minimum Gasteiger partial charge on any atom is -0.476 e. The van der Waals surface area contributed by atoms with Gasteiger partial charge in [-0.3, -0.25) is 0 Å². The molecule has 0 atom stereocenters. The molecule has 0 radical (unpaired) electrons. The number of carboxylic acids is 1. The van der Waals surface area contributed by atoms with Gasteiger partial charge < -0.3 is 15.7 Å². The molecule has 0 aliphatic heterocycles. The average molecular weight is 320 g/mol. The summed E-state index contributed by atoms with van der Waals surface area (Å²) in [6.07, 6.45) is -5.84. The lowest BCUT2D eigenvalue weighted by atomic mass is 10.3. The number of anilines is 1. The minimum absolute atomic E-state index is 0.144. The van der Waals surface area contributed by atoms with Crippen molar-refractivity contribution in [1.82, 2.24) is 9.36 Å². The van der Waals surface area contributed by atoms with E-state index >= 15 is 0 Å². The van der Waals surface area contributed by atoms with Gasteiger partial charge in [0.25, 0.3) is 0 Å². The number of aromatic nitrogens is 2. The van der Waals surface area contributed by atoms with Gasteiger partial charge in [-0.05, 0) is 0 Å². The fraction of sp³-hybridized carbons (Fsp3) is 0.429. The second kappa shape index (κ2) is 5.52. The Morgan fingerprint density at radius 1 is 1.40 bits per heavy atom. The van der Waals surface area contributed by atoms with Gasteiger partial charge in [-0.1, -0.05) is 5.16 Å². The minimum atomic E-state index is -5.84. The van der Waals surface area contributed by atoms with Crippen LogP contribution in [0.3, 0.4) is 0 Å². The van der Waals surface area contributed by atoms with Crippen molar-refractivity contribution in [2.24, 2.45) is 5.16 Å². The van der Waals surface area contributed by atoms with Gasteiger partial charge in [0.2, 0.25) is 11.5 Å². The molecule has 7 nitrogen and oxygen atoms in total. The third kappa shape index (κ3) is 3.72. The lowest BCUT2D eigenvalue weighted by Gasteiger charge is -2.17. The molecule has 0 saturated carbocycles. The van der Waals surface area contributed by atoms with Gasteiger partial charge in [0.1, 0.15) is 0 Å². The quantitative estimate of drug-likeness (QED) is 0.478. The van der Waals surface area contributed by atoms with Crippen molar-refractivity contribution < 1.29 is 36.7 Å². The second-order valence-electron chi connectivity index (χ2n) is 3.18. The third-order valence-electron chi connectivity index (χ3n) is 1.67. The van der Waals surface area contributed by atoms with Gasteiger partial charge in [-0.25, -0.2) is 4.79 Å². The fourth-order valence-electron chi connectivity index (χ4n) is 0.767. The van der Waals surface area contributed by atoms with Gasteiger partial charge in [-0.15, -0.1) is 0 Å². The van der Waals surface area contributed by atoms with Crippen molar-refractivity contribution in [3.05, 3.63) is 5.82 Å². The Hall–Kier alpha value is -2.05. The number of carbonyl (C=O) groups is 1. The van der Waals surface area contributed by atoms with E-state index in [4.69, 9.17) is 10.8 Å². The largest absolute Gasteiger partial charge is 0.476 e. The smallest absolute Gasteiger partial charge is 0.457 e. The first kappa shape index (κ1) is 16.0. The number of rotatable bonds is 5. The molecule has 0 bridgehead atoms. The number of oxime groups is 1. The molecule has 3 N–H and O–H groups in total. The molecule has 0 amide bonds. The van der Waals surface area contributed by atoms with E-state index in [1.165, 1.54) is 0 Å². The average Bonchev–Trinajstić information content (AvgIpc) is 2.68. The van der Waals surface area contributed by atoms with Crippen LogP contribution >= 0.6 is 11.5 Å². The first-order valence-electron chi connectivity index (χ1n) is 4.52. The van der Waals surface area contributed by atoms with E-state index in [1.54, 1.807) is 0 Å². The van der Waals surface area contributed by atoms with Crippen LogP contribution in [0.15, 0.2) is 5.16 Å². The van der Waals surface area contributed by atoms with Crippen LogP contribution in [0.2, 0.25) is 0 Å². The Morgan fingerprint density at radius 2 is 2.00 bits per heavy atom. The molecule has 0 unspecified atom stereocenters. The van der Waals surface area contributed by atoms with E-state index in [9.17, 15) is 26.7 Å². The maximum absolute atomic E-state index is 12.5. The van der Waals surface area contributed by atoms with E-state index in [2.05, 4.69) is 19.4 Å². The van der Waals surface area contributed by atoms with Crippen molar-refractivity contribution in [3.63, 3.8) is 0 Å². The highest BCUT2D eigenvalue weighted by Gasteiger charge is 2.58. The highest BCUT2D eigenvalue weighted by atomic mass is 32.1. The number of hydrogen-bond donors (Lipinski definition) is 2. The molecular formula is C7H5F5N4O3S. The van der Waals surface area contributed by atoms with Crippen molar-refractivity contribution in [2.45, 2.75) is 12.1 Å². The molecule has 0 aliphatic carbocycles. The molecule has 0 fully saturated rings. The molecule has 0 aliphatic rings. The molecule has 1 aromatic heterocycles. The lowest BCUT2D eigenvalue weighted by molar-refractivity contribution is -0.296. The van der Waals surface area contributed by atoms with Gasteiger partial charge in [0.05, 0.1) is 0 Å². The van der Waals surface area contributed by atoms with E-state index in [0.717, 1.165) is 0 Å².